The van der Waals surface area contributed by atoms with Crippen molar-refractivity contribution in [1.82, 2.24) is 5.32 Å². The second-order valence-electron chi connectivity index (χ2n) is 10.7. The third-order valence-corrected chi connectivity index (χ3v) is 6.84. The SMILES string of the molecule is CC(C=C[C@H]1OC(C)(C)C[C@@]2(CO2)[C@@H]1O)=CC[C@@H]1O[C@H](C)[C@H](NC(=O)C=C[C@H](C)O)C[C@@H]1C. The Morgan fingerprint density at radius 3 is 2.61 bits per heavy atom. The van der Waals surface area contributed by atoms with Gasteiger partial charge in [0, 0.05) is 12.5 Å². The van der Waals surface area contributed by atoms with Crippen LogP contribution in [0.1, 0.15) is 60.8 Å². The summed E-state index contributed by atoms with van der Waals surface area (Å²) in [7, 11) is 0. The molecule has 0 radical (unpaired) electrons. The lowest BCUT2D eigenvalue weighted by molar-refractivity contribution is -0.171. The van der Waals surface area contributed by atoms with Gasteiger partial charge >= 0.3 is 0 Å². The van der Waals surface area contributed by atoms with Crippen LogP contribution in [0.15, 0.2) is 36.0 Å². The molecule has 0 unspecified atom stereocenters. The van der Waals surface area contributed by atoms with Crippen LogP contribution in [0.3, 0.4) is 0 Å². The zero-order valence-electron chi connectivity index (χ0n) is 20.8. The van der Waals surface area contributed by atoms with Gasteiger partial charge in [0.15, 0.2) is 0 Å². The van der Waals surface area contributed by atoms with Crippen LogP contribution in [0.4, 0.5) is 0 Å². The van der Waals surface area contributed by atoms with E-state index in [1.807, 2.05) is 39.8 Å². The molecule has 3 fully saturated rings. The minimum atomic E-state index is -0.653. The molecule has 1 spiro atoms. The first-order valence-corrected chi connectivity index (χ1v) is 12.1. The molecule has 0 aromatic carbocycles. The van der Waals surface area contributed by atoms with E-state index in [1.165, 1.54) is 12.2 Å². The average molecular weight is 464 g/mol. The molecule has 186 valence electrons. The van der Waals surface area contributed by atoms with Crippen LogP contribution in [-0.2, 0) is 19.0 Å². The van der Waals surface area contributed by atoms with Gasteiger partial charge in [-0.2, -0.15) is 0 Å². The van der Waals surface area contributed by atoms with Crippen LogP contribution < -0.4 is 5.32 Å². The number of carbonyl (C=O) groups excluding carboxylic acids is 1. The molecule has 1 amide bonds. The fourth-order valence-electron chi connectivity index (χ4n) is 4.90. The van der Waals surface area contributed by atoms with Gasteiger partial charge < -0.3 is 29.7 Å². The van der Waals surface area contributed by atoms with Crippen LogP contribution in [0.5, 0.6) is 0 Å². The van der Waals surface area contributed by atoms with Gasteiger partial charge in [-0.25, -0.2) is 0 Å². The molecular weight excluding hydrogens is 422 g/mol. The van der Waals surface area contributed by atoms with E-state index in [0.29, 0.717) is 13.0 Å². The van der Waals surface area contributed by atoms with Crippen molar-refractivity contribution in [2.75, 3.05) is 6.61 Å². The maximum absolute atomic E-state index is 12.1. The third-order valence-electron chi connectivity index (χ3n) is 6.84. The van der Waals surface area contributed by atoms with Crippen LogP contribution in [-0.4, -0.2) is 70.5 Å². The van der Waals surface area contributed by atoms with Gasteiger partial charge in [0.25, 0.3) is 0 Å². The second kappa shape index (κ2) is 10.4. The number of aliphatic hydroxyl groups excluding tert-OH is 2. The highest BCUT2D eigenvalue weighted by Gasteiger charge is 2.60. The van der Waals surface area contributed by atoms with E-state index in [-0.39, 0.29) is 35.7 Å². The van der Waals surface area contributed by atoms with Gasteiger partial charge in [-0.1, -0.05) is 36.8 Å². The van der Waals surface area contributed by atoms with Gasteiger partial charge in [0.1, 0.15) is 17.8 Å². The second-order valence-corrected chi connectivity index (χ2v) is 10.7. The fraction of sp³-hybridized carbons (Fsp3) is 0.731. The van der Waals surface area contributed by atoms with Crippen molar-refractivity contribution in [3.63, 3.8) is 0 Å². The summed E-state index contributed by atoms with van der Waals surface area (Å²) in [6, 6.07) is -0.0578. The van der Waals surface area contributed by atoms with Gasteiger partial charge in [0.2, 0.25) is 5.91 Å². The highest BCUT2D eigenvalue weighted by Crippen LogP contribution is 2.46. The molecule has 0 bridgehead atoms. The molecule has 3 N–H and O–H groups in total. The molecule has 3 heterocycles. The molecule has 8 atom stereocenters. The maximum atomic E-state index is 12.1. The number of nitrogens with one attached hydrogen (secondary N) is 1. The standard InChI is InChI=1S/C26H41NO6/c1-16(8-11-22-24(30)26(15-31-26)14-25(5,6)33-22)7-10-21-17(2)13-20(19(4)32-21)27-23(29)12-9-18(3)28/h7-9,11-12,17-22,24,28,30H,10,13-15H2,1-6H3,(H,27,29)/t17-,18-,19+,20+,21-,22+,24+,26+/m0/s1. The lowest BCUT2D eigenvalue weighted by atomic mass is 9.83. The quantitative estimate of drug-likeness (QED) is 0.305. The van der Waals surface area contributed by atoms with E-state index >= 15 is 0 Å². The van der Waals surface area contributed by atoms with Crippen molar-refractivity contribution in [2.45, 2.75) is 109 Å². The van der Waals surface area contributed by atoms with E-state index in [4.69, 9.17) is 14.2 Å². The molecule has 3 aliphatic heterocycles. The number of epoxide rings is 1. The van der Waals surface area contributed by atoms with Crippen LogP contribution in [0.25, 0.3) is 0 Å². The first-order chi connectivity index (χ1) is 15.4. The van der Waals surface area contributed by atoms with Gasteiger partial charge in [-0.15, -0.1) is 0 Å². The summed E-state index contributed by atoms with van der Waals surface area (Å²) in [4.78, 5) is 12.1. The predicted octanol–water partition coefficient (Wildman–Crippen LogP) is 2.81. The Hall–Kier alpha value is -1.51. The van der Waals surface area contributed by atoms with Crippen LogP contribution >= 0.6 is 0 Å². The number of rotatable bonds is 7. The summed E-state index contributed by atoms with van der Waals surface area (Å²) in [5.41, 5.74) is 0.303. The zero-order chi connectivity index (χ0) is 24.4. The molecule has 0 aliphatic carbocycles. The van der Waals surface area contributed by atoms with Crippen LogP contribution in [0.2, 0.25) is 0 Å². The fourth-order valence-corrected chi connectivity index (χ4v) is 4.90. The Bertz CT molecular complexity index is 782. The highest BCUT2D eigenvalue weighted by molar-refractivity contribution is 5.87. The highest BCUT2D eigenvalue weighted by atomic mass is 16.6. The number of ether oxygens (including phenoxy) is 3. The number of hydrogen-bond acceptors (Lipinski definition) is 6. The lowest BCUT2D eigenvalue weighted by Gasteiger charge is -2.41. The van der Waals surface area contributed by atoms with E-state index in [2.05, 4.69) is 18.3 Å². The van der Waals surface area contributed by atoms with E-state index < -0.39 is 23.9 Å². The molecule has 3 rings (SSSR count). The lowest BCUT2D eigenvalue weighted by Crippen LogP contribution is -2.53. The Labute approximate surface area is 197 Å². The van der Waals surface area contributed by atoms with Crippen molar-refractivity contribution in [3.8, 4) is 0 Å². The predicted molar refractivity (Wildman–Crippen MR) is 127 cm³/mol. The molecule has 0 aromatic heterocycles. The smallest absolute Gasteiger partial charge is 0.244 e. The Morgan fingerprint density at radius 2 is 1.97 bits per heavy atom. The molecule has 3 saturated heterocycles. The third kappa shape index (κ3) is 6.99. The summed E-state index contributed by atoms with van der Waals surface area (Å²) in [6.07, 6.45) is 9.52. The Balaban J connectivity index is 1.52. The molecule has 3 aliphatic rings. The molecule has 33 heavy (non-hydrogen) atoms. The van der Waals surface area contributed by atoms with Gasteiger partial charge in [-0.3, -0.25) is 4.79 Å². The van der Waals surface area contributed by atoms with Gasteiger partial charge in [0.05, 0.1) is 36.6 Å². The minimum absolute atomic E-state index is 0.0578. The number of allylic oxidation sites excluding steroid dienone is 2. The molecular formula is C26H41NO6. The first-order valence-electron chi connectivity index (χ1n) is 12.1. The zero-order valence-corrected chi connectivity index (χ0v) is 20.8. The Morgan fingerprint density at radius 1 is 1.27 bits per heavy atom. The average Bonchev–Trinajstić information content (AvgIpc) is 3.48. The summed E-state index contributed by atoms with van der Waals surface area (Å²) in [6.45, 7) is 12.4. The maximum Gasteiger partial charge on any atom is 0.244 e. The largest absolute Gasteiger partial charge is 0.389 e. The number of amides is 1. The van der Waals surface area contributed by atoms with E-state index in [1.54, 1.807) is 6.92 Å². The van der Waals surface area contributed by atoms with Crippen molar-refractivity contribution >= 4 is 5.91 Å². The summed E-state index contributed by atoms with van der Waals surface area (Å²) in [5.74, 6) is 0.0769. The van der Waals surface area contributed by atoms with Crippen molar-refractivity contribution in [3.05, 3.63) is 36.0 Å². The summed E-state index contributed by atoms with van der Waals surface area (Å²) in [5, 5.41) is 22.9. The first kappa shape index (κ1) is 26.1. The van der Waals surface area contributed by atoms with E-state index in [9.17, 15) is 15.0 Å². The number of hydrogen-bond donors (Lipinski definition) is 3. The number of carbonyl (C=O) groups is 1. The molecule has 0 aromatic rings. The van der Waals surface area contributed by atoms with Crippen molar-refractivity contribution in [2.24, 2.45) is 5.92 Å². The molecule has 0 saturated carbocycles. The Kier molecular flexibility index (Phi) is 8.23. The topological polar surface area (TPSA) is 101 Å². The molecule has 7 nitrogen and oxygen atoms in total. The van der Waals surface area contributed by atoms with Crippen molar-refractivity contribution < 1.29 is 29.2 Å². The monoisotopic (exact) mass is 463 g/mol. The normalized spacial score (nSPS) is 39.8. The van der Waals surface area contributed by atoms with Gasteiger partial charge in [-0.05, 0) is 53.4 Å². The summed E-state index contributed by atoms with van der Waals surface area (Å²) < 4.78 is 17.9. The van der Waals surface area contributed by atoms with E-state index in [0.717, 1.165) is 18.4 Å². The number of aliphatic hydroxyl groups is 2. The van der Waals surface area contributed by atoms with Crippen LogP contribution in [0, 0.1) is 5.92 Å². The van der Waals surface area contributed by atoms with Crippen molar-refractivity contribution in [1.29, 1.82) is 0 Å². The minimum Gasteiger partial charge on any atom is -0.389 e. The molecule has 7 heteroatoms. The summed E-state index contributed by atoms with van der Waals surface area (Å²) >= 11 is 0.